The van der Waals surface area contributed by atoms with Gasteiger partial charge in [0, 0.05) is 12.3 Å². The van der Waals surface area contributed by atoms with E-state index in [4.69, 9.17) is 4.99 Å². The number of unbranched alkanes of at least 4 members (excludes halogenated alkanes) is 4. The average Bonchev–Trinajstić information content (AvgIpc) is 2.51. The van der Waals surface area contributed by atoms with Crippen LogP contribution in [0.1, 0.15) is 84.0 Å². The number of rotatable bonds is 7. The van der Waals surface area contributed by atoms with Crippen molar-refractivity contribution in [3.63, 3.8) is 0 Å². The summed E-state index contributed by atoms with van der Waals surface area (Å²) in [4.78, 5) is 4.78. The van der Waals surface area contributed by atoms with Crippen LogP contribution in [0.5, 0.6) is 0 Å². The Balaban J connectivity index is 2.24. The van der Waals surface area contributed by atoms with Gasteiger partial charge in [-0.15, -0.1) is 0 Å². The third-order valence-electron chi connectivity index (χ3n) is 3.86. The van der Waals surface area contributed by atoms with Gasteiger partial charge in [0.25, 0.3) is 0 Å². The van der Waals surface area contributed by atoms with E-state index in [0.717, 1.165) is 6.54 Å². The van der Waals surface area contributed by atoms with Crippen molar-refractivity contribution in [1.29, 1.82) is 0 Å². The van der Waals surface area contributed by atoms with E-state index in [2.05, 4.69) is 13.5 Å². The average molecular weight is 249 g/mol. The van der Waals surface area contributed by atoms with Gasteiger partial charge in [0.1, 0.15) is 0 Å². The van der Waals surface area contributed by atoms with E-state index in [9.17, 15) is 0 Å². The fraction of sp³-hybridized carbons (Fsp3) is 0.824. The molecule has 104 valence electrons. The highest BCUT2D eigenvalue weighted by atomic mass is 14.7. The zero-order chi connectivity index (χ0) is 13.1. The number of nitrogens with zero attached hydrogens (tertiary/aromatic N) is 1. The van der Waals surface area contributed by atoms with Crippen LogP contribution in [0.15, 0.2) is 17.1 Å². The Bertz CT molecular complexity index is 252. The van der Waals surface area contributed by atoms with Gasteiger partial charge in [0.05, 0.1) is 0 Å². The van der Waals surface area contributed by atoms with Crippen LogP contribution in [0.3, 0.4) is 0 Å². The molecule has 0 aromatic heterocycles. The van der Waals surface area contributed by atoms with Crippen LogP contribution in [-0.4, -0.2) is 12.3 Å². The molecular formula is C17H31N. The summed E-state index contributed by atoms with van der Waals surface area (Å²) in [6.07, 6.45) is 15.8. The first kappa shape index (κ1) is 15.5. The van der Waals surface area contributed by atoms with Crippen molar-refractivity contribution < 1.29 is 0 Å². The maximum Gasteiger partial charge on any atom is 0.0392 e. The summed E-state index contributed by atoms with van der Waals surface area (Å²) in [5.74, 6) is 0. The molecule has 1 heteroatoms. The number of hydrogen-bond acceptors (Lipinski definition) is 1. The van der Waals surface area contributed by atoms with E-state index < -0.39 is 0 Å². The third-order valence-corrected chi connectivity index (χ3v) is 3.86. The molecule has 0 bridgehead atoms. The first-order valence-corrected chi connectivity index (χ1v) is 8.06. The molecule has 0 aromatic rings. The second-order valence-electron chi connectivity index (χ2n) is 5.61. The minimum atomic E-state index is 1.03. The molecule has 0 amide bonds. The van der Waals surface area contributed by atoms with Crippen LogP contribution in [0.2, 0.25) is 0 Å². The van der Waals surface area contributed by atoms with E-state index in [1.807, 2.05) is 0 Å². The monoisotopic (exact) mass is 249 g/mol. The minimum Gasteiger partial charge on any atom is -0.290 e. The lowest BCUT2D eigenvalue weighted by molar-refractivity contribution is 0.632. The lowest BCUT2D eigenvalue weighted by Gasteiger charge is -2.09. The zero-order valence-corrected chi connectivity index (χ0v) is 12.3. The predicted molar refractivity (Wildman–Crippen MR) is 82.5 cm³/mol. The van der Waals surface area contributed by atoms with E-state index in [-0.39, 0.29) is 0 Å². The molecule has 0 radical (unpaired) electrons. The molecule has 0 atom stereocenters. The van der Waals surface area contributed by atoms with Crippen LogP contribution < -0.4 is 0 Å². The Morgan fingerprint density at radius 3 is 2.56 bits per heavy atom. The van der Waals surface area contributed by atoms with Crippen molar-refractivity contribution in [3.05, 3.63) is 12.2 Å². The molecule has 0 unspecified atom stereocenters. The van der Waals surface area contributed by atoms with Crippen LogP contribution >= 0.6 is 0 Å². The molecule has 1 nitrogen and oxygen atoms in total. The Morgan fingerprint density at radius 1 is 1.00 bits per heavy atom. The fourth-order valence-electron chi connectivity index (χ4n) is 2.60. The molecule has 0 fully saturated rings. The Kier molecular flexibility index (Phi) is 8.89. The molecule has 1 aliphatic rings. The van der Waals surface area contributed by atoms with Crippen LogP contribution in [0, 0.1) is 0 Å². The second kappa shape index (κ2) is 10.3. The minimum absolute atomic E-state index is 1.03. The smallest absolute Gasteiger partial charge is 0.0392 e. The van der Waals surface area contributed by atoms with Crippen molar-refractivity contribution in [2.45, 2.75) is 84.0 Å². The van der Waals surface area contributed by atoms with Gasteiger partial charge < -0.3 is 0 Å². The van der Waals surface area contributed by atoms with Gasteiger partial charge in [-0.05, 0) is 37.7 Å². The summed E-state index contributed by atoms with van der Waals surface area (Å²) >= 11 is 0. The summed E-state index contributed by atoms with van der Waals surface area (Å²) < 4.78 is 0. The predicted octanol–water partition coefficient (Wildman–Crippen LogP) is 5.70. The quantitative estimate of drug-likeness (QED) is 0.513. The molecule has 1 heterocycles. The molecule has 0 saturated carbocycles. The van der Waals surface area contributed by atoms with E-state index in [1.54, 1.807) is 0 Å². The van der Waals surface area contributed by atoms with Gasteiger partial charge in [-0.1, -0.05) is 58.4 Å². The van der Waals surface area contributed by atoms with Gasteiger partial charge in [0.2, 0.25) is 0 Å². The molecule has 1 rings (SSSR count). The normalized spacial score (nSPS) is 17.5. The molecule has 0 aliphatic carbocycles. The summed E-state index contributed by atoms with van der Waals surface area (Å²) in [5.41, 5.74) is 2.67. The summed E-state index contributed by atoms with van der Waals surface area (Å²) in [5, 5.41) is 0. The van der Waals surface area contributed by atoms with E-state index in [1.165, 1.54) is 88.3 Å². The number of allylic oxidation sites excluding steroid dienone is 1. The topological polar surface area (TPSA) is 12.4 Å². The van der Waals surface area contributed by atoms with Gasteiger partial charge in [-0.3, -0.25) is 4.99 Å². The van der Waals surface area contributed by atoms with Crippen molar-refractivity contribution >= 4 is 5.71 Å². The van der Waals surface area contributed by atoms with Crippen LogP contribution in [0.4, 0.5) is 0 Å². The van der Waals surface area contributed by atoms with Gasteiger partial charge in [0.15, 0.2) is 0 Å². The Labute approximate surface area is 114 Å². The lowest BCUT2D eigenvalue weighted by Crippen LogP contribution is -2.03. The summed E-state index contributed by atoms with van der Waals surface area (Å²) in [6.45, 7) is 7.57. The van der Waals surface area contributed by atoms with E-state index in [0.29, 0.717) is 0 Å². The highest BCUT2D eigenvalue weighted by molar-refractivity contribution is 5.99. The molecule has 0 N–H and O–H groups in total. The van der Waals surface area contributed by atoms with Crippen molar-refractivity contribution in [3.8, 4) is 0 Å². The molecule has 0 spiro atoms. The van der Waals surface area contributed by atoms with Crippen molar-refractivity contribution in [2.24, 2.45) is 4.99 Å². The SMILES string of the molecule is C=C(CCCCCCC)C1=NCCCCCCC1. The largest absolute Gasteiger partial charge is 0.290 e. The molecule has 0 aromatic carbocycles. The first-order chi connectivity index (χ1) is 8.84. The highest BCUT2D eigenvalue weighted by Gasteiger charge is 2.06. The first-order valence-electron chi connectivity index (χ1n) is 8.06. The fourth-order valence-corrected chi connectivity index (χ4v) is 2.60. The summed E-state index contributed by atoms with van der Waals surface area (Å²) in [7, 11) is 0. The van der Waals surface area contributed by atoms with Gasteiger partial charge in [-0.2, -0.15) is 0 Å². The number of hydrogen-bond donors (Lipinski definition) is 0. The van der Waals surface area contributed by atoms with Crippen molar-refractivity contribution in [1.82, 2.24) is 0 Å². The van der Waals surface area contributed by atoms with Gasteiger partial charge in [-0.25, -0.2) is 0 Å². The van der Waals surface area contributed by atoms with Crippen LogP contribution in [0.25, 0.3) is 0 Å². The maximum atomic E-state index is 4.78. The van der Waals surface area contributed by atoms with Crippen LogP contribution in [-0.2, 0) is 0 Å². The standard InChI is InChI=1S/C17H31N/c1-3-4-5-7-10-13-16(2)17-14-11-8-6-9-12-15-18-17/h2-15H2,1H3. The van der Waals surface area contributed by atoms with E-state index >= 15 is 0 Å². The number of aliphatic imine (C=N–C) groups is 1. The Hall–Kier alpha value is -0.590. The zero-order valence-electron chi connectivity index (χ0n) is 12.3. The molecule has 0 saturated heterocycles. The highest BCUT2D eigenvalue weighted by Crippen LogP contribution is 2.17. The second-order valence-corrected chi connectivity index (χ2v) is 5.61. The Morgan fingerprint density at radius 2 is 1.72 bits per heavy atom. The molecule has 18 heavy (non-hydrogen) atoms. The van der Waals surface area contributed by atoms with Gasteiger partial charge >= 0.3 is 0 Å². The maximum absolute atomic E-state index is 4.78. The molecule has 1 aliphatic heterocycles. The third kappa shape index (κ3) is 6.98. The summed E-state index contributed by atoms with van der Waals surface area (Å²) in [6, 6.07) is 0. The lowest BCUT2D eigenvalue weighted by atomic mass is 9.99. The van der Waals surface area contributed by atoms with Crippen molar-refractivity contribution in [2.75, 3.05) is 6.54 Å². The molecular weight excluding hydrogens is 218 g/mol.